The Morgan fingerprint density at radius 3 is 2.59 bits per heavy atom. The van der Waals surface area contributed by atoms with Gasteiger partial charge in [-0.2, -0.15) is 0 Å². The van der Waals surface area contributed by atoms with Gasteiger partial charge in [0.2, 0.25) is 0 Å². The molecular weight excluding hydrogens is 388 g/mol. The van der Waals surface area contributed by atoms with Gasteiger partial charge in [0, 0.05) is 26.1 Å². The first-order valence-corrected chi connectivity index (χ1v) is 11.1. The number of carboxylic acids is 1. The quantitative estimate of drug-likeness (QED) is 0.672. The molecule has 1 saturated heterocycles. The third-order valence-electron chi connectivity index (χ3n) is 5.22. The van der Waals surface area contributed by atoms with Crippen molar-refractivity contribution in [2.75, 3.05) is 38.6 Å². The molecule has 0 aromatic heterocycles. The predicted molar refractivity (Wildman–Crippen MR) is 116 cm³/mol. The molecule has 0 amide bonds. The number of aliphatic carboxylic acids is 1. The highest BCUT2D eigenvalue weighted by molar-refractivity contribution is 8.03. The summed E-state index contributed by atoms with van der Waals surface area (Å²) >= 11 is 1.53. The Morgan fingerprint density at radius 2 is 1.97 bits per heavy atom. The van der Waals surface area contributed by atoms with Crippen LogP contribution in [0.5, 0.6) is 0 Å². The molecule has 29 heavy (non-hydrogen) atoms. The maximum absolute atomic E-state index is 12.0. The summed E-state index contributed by atoms with van der Waals surface area (Å²) in [7, 11) is 0. The van der Waals surface area contributed by atoms with Crippen LogP contribution in [0.2, 0.25) is 0 Å². The van der Waals surface area contributed by atoms with E-state index in [1.54, 1.807) is 0 Å². The number of aliphatic hydroxyl groups is 1. The number of carboxylic acid groups (broad SMARTS) is 1. The summed E-state index contributed by atoms with van der Waals surface area (Å²) in [4.78, 5) is 16.4. The van der Waals surface area contributed by atoms with E-state index >= 15 is 0 Å². The van der Waals surface area contributed by atoms with Crippen molar-refractivity contribution in [3.8, 4) is 0 Å². The monoisotopic (exact) mass is 418 g/mol. The van der Waals surface area contributed by atoms with Gasteiger partial charge in [-0.1, -0.05) is 37.3 Å². The third kappa shape index (κ3) is 5.42. The zero-order valence-electron chi connectivity index (χ0n) is 17.1. The second-order valence-electron chi connectivity index (χ2n) is 7.33. The van der Waals surface area contributed by atoms with Gasteiger partial charge in [0.15, 0.2) is 0 Å². The molecule has 0 radical (unpaired) electrons. The number of rotatable bonds is 8. The number of hydrogen-bond acceptors (Lipinski definition) is 6. The number of β-amino-alcohol motifs (C(OH)–C–C–N with tert-alkyl or cyclic N) is 1. The molecule has 0 spiro atoms. The summed E-state index contributed by atoms with van der Waals surface area (Å²) in [5.41, 5.74) is 2.19. The highest BCUT2D eigenvalue weighted by Gasteiger charge is 2.35. The Kier molecular flexibility index (Phi) is 7.77. The van der Waals surface area contributed by atoms with E-state index in [1.165, 1.54) is 11.8 Å². The average molecular weight is 419 g/mol. The van der Waals surface area contributed by atoms with Crippen LogP contribution in [0.4, 0.5) is 0 Å². The normalized spacial score (nSPS) is 21.8. The Hall–Kier alpha value is -1.80. The minimum atomic E-state index is -0.919. The molecule has 6 nitrogen and oxygen atoms in total. The van der Waals surface area contributed by atoms with E-state index in [0.29, 0.717) is 31.8 Å². The van der Waals surface area contributed by atoms with Crippen molar-refractivity contribution in [1.29, 1.82) is 0 Å². The van der Waals surface area contributed by atoms with Crippen molar-refractivity contribution in [2.24, 2.45) is 0 Å². The van der Waals surface area contributed by atoms with Gasteiger partial charge < -0.3 is 19.8 Å². The Morgan fingerprint density at radius 1 is 1.28 bits per heavy atom. The first-order valence-electron chi connectivity index (χ1n) is 10.1. The van der Waals surface area contributed by atoms with Crippen LogP contribution < -0.4 is 0 Å². The van der Waals surface area contributed by atoms with Crippen molar-refractivity contribution in [1.82, 2.24) is 9.80 Å². The molecule has 2 aliphatic rings. The first-order chi connectivity index (χ1) is 14.0. The van der Waals surface area contributed by atoms with E-state index in [2.05, 4.69) is 9.80 Å². The van der Waals surface area contributed by atoms with Crippen LogP contribution in [0.1, 0.15) is 19.4 Å². The van der Waals surface area contributed by atoms with Crippen LogP contribution in [-0.4, -0.2) is 76.9 Å². The molecule has 2 heterocycles. The molecule has 2 unspecified atom stereocenters. The van der Waals surface area contributed by atoms with Crippen LogP contribution in [0, 0.1) is 0 Å². The SMILES string of the molecule is CCSC1=C(C(=O)O)C(C)=CC(N2CCOCC2)N1CC(O)Cc1ccccc1. The van der Waals surface area contributed by atoms with E-state index in [9.17, 15) is 15.0 Å². The molecule has 1 fully saturated rings. The fourth-order valence-electron chi connectivity index (χ4n) is 3.89. The summed E-state index contributed by atoms with van der Waals surface area (Å²) in [6.07, 6.45) is 1.86. The summed E-state index contributed by atoms with van der Waals surface area (Å²) in [5, 5.41) is 21.5. The smallest absolute Gasteiger partial charge is 0.338 e. The molecule has 1 aromatic rings. The number of thioether (sulfide) groups is 1. The maximum atomic E-state index is 12.0. The minimum Gasteiger partial charge on any atom is -0.478 e. The highest BCUT2D eigenvalue weighted by Crippen LogP contribution is 2.36. The lowest BCUT2D eigenvalue weighted by Gasteiger charge is -2.45. The van der Waals surface area contributed by atoms with Gasteiger partial charge in [0.1, 0.15) is 6.17 Å². The summed E-state index contributed by atoms with van der Waals surface area (Å²) in [5.74, 6) is -0.154. The number of hydrogen-bond donors (Lipinski definition) is 2. The van der Waals surface area contributed by atoms with E-state index in [1.807, 2.05) is 50.3 Å². The van der Waals surface area contributed by atoms with Gasteiger partial charge in [-0.3, -0.25) is 4.90 Å². The molecule has 0 saturated carbocycles. The Labute approximate surface area is 176 Å². The highest BCUT2D eigenvalue weighted by atomic mass is 32.2. The largest absolute Gasteiger partial charge is 0.478 e. The van der Waals surface area contributed by atoms with Crippen LogP contribution in [0.25, 0.3) is 0 Å². The van der Waals surface area contributed by atoms with E-state index < -0.39 is 12.1 Å². The van der Waals surface area contributed by atoms with Crippen LogP contribution in [-0.2, 0) is 16.0 Å². The molecule has 0 bridgehead atoms. The number of ether oxygens (including phenoxy) is 1. The maximum Gasteiger partial charge on any atom is 0.338 e. The van der Waals surface area contributed by atoms with Gasteiger partial charge in [-0.25, -0.2) is 4.79 Å². The van der Waals surface area contributed by atoms with Crippen LogP contribution in [0.15, 0.2) is 52.6 Å². The van der Waals surface area contributed by atoms with Gasteiger partial charge in [-0.05, 0) is 29.9 Å². The number of carbonyl (C=O) groups is 1. The number of nitrogens with zero attached hydrogens (tertiary/aromatic N) is 2. The number of benzene rings is 1. The fraction of sp³-hybridized carbons (Fsp3) is 0.500. The van der Waals surface area contributed by atoms with E-state index in [0.717, 1.165) is 35.0 Å². The predicted octanol–water partition coefficient (Wildman–Crippen LogP) is 2.56. The zero-order chi connectivity index (χ0) is 20.8. The second-order valence-corrected chi connectivity index (χ2v) is 8.58. The second kappa shape index (κ2) is 10.3. The Bertz CT molecular complexity index is 759. The van der Waals surface area contributed by atoms with Crippen molar-refractivity contribution in [2.45, 2.75) is 32.5 Å². The van der Waals surface area contributed by atoms with Crippen molar-refractivity contribution >= 4 is 17.7 Å². The van der Waals surface area contributed by atoms with Gasteiger partial charge in [0.25, 0.3) is 0 Å². The lowest BCUT2D eigenvalue weighted by Crippen LogP contribution is -2.54. The van der Waals surface area contributed by atoms with Gasteiger partial charge in [0.05, 0.1) is 29.9 Å². The lowest BCUT2D eigenvalue weighted by atomic mass is 10.0. The van der Waals surface area contributed by atoms with Gasteiger partial charge >= 0.3 is 5.97 Å². The van der Waals surface area contributed by atoms with Crippen LogP contribution >= 0.6 is 11.8 Å². The standard InChI is InChI=1S/C22H30N2O4S/c1-3-29-21-20(22(26)27)16(2)13-19(23-9-11-28-12-10-23)24(21)15-18(25)14-17-7-5-4-6-8-17/h4-8,13,18-19,25H,3,9-12,14-15H2,1-2H3,(H,26,27). The summed E-state index contributed by atoms with van der Waals surface area (Å²) in [6.45, 7) is 7.15. The fourth-order valence-corrected chi connectivity index (χ4v) is 4.91. The van der Waals surface area contributed by atoms with Gasteiger partial charge in [-0.15, -0.1) is 11.8 Å². The average Bonchev–Trinajstić information content (AvgIpc) is 2.71. The Balaban J connectivity index is 1.90. The van der Waals surface area contributed by atoms with Crippen molar-refractivity contribution in [3.05, 3.63) is 58.1 Å². The minimum absolute atomic E-state index is 0.0820. The third-order valence-corrected chi connectivity index (χ3v) is 6.22. The number of morpholine rings is 1. The summed E-state index contributed by atoms with van der Waals surface area (Å²) < 4.78 is 5.50. The zero-order valence-corrected chi connectivity index (χ0v) is 17.9. The molecule has 2 N–H and O–H groups in total. The molecule has 3 rings (SSSR count). The molecule has 0 aliphatic carbocycles. The number of aliphatic hydroxyl groups excluding tert-OH is 1. The van der Waals surface area contributed by atoms with Crippen LogP contribution in [0.3, 0.4) is 0 Å². The molecule has 2 atom stereocenters. The van der Waals surface area contributed by atoms with Crippen molar-refractivity contribution in [3.63, 3.8) is 0 Å². The molecule has 2 aliphatic heterocycles. The van der Waals surface area contributed by atoms with E-state index in [-0.39, 0.29) is 6.17 Å². The molecule has 1 aromatic carbocycles. The lowest BCUT2D eigenvalue weighted by molar-refractivity contribution is -0.132. The molecule has 158 valence electrons. The van der Waals surface area contributed by atoms with E-state index in [4.69, 9.17) is 4.74 Å². The molecule has 7 heteroatoms. The molecular formula is C22H30N2O4S. The topological polar surface area (TPSA) is 73.2 Å². The summed E-state index contributed by atoms with van der Waals surface area (Å²) in [6, 6.07) is 9.89. The first kappa shape index (κ1) is 21.9. The van der Waals surface area contributed by atoms with Crippen molar-refractivity contribution < 1.29 is 19.7 Å².